The first-order valence-corrected chi connectivity index (χ1v) is 4.97. The average molecular weight is 216 g/mol. The summed E-state index contributed by atoms with van der Waals surface area (Å²) in [5.41, 5.74) is -1.36. The zero-order valence-corrected chi connectivity index (χ0v) is 9.20. The predicted molar refractivity (Wildman–Crippen MR) is 50.1 cm³/mol. The minimum absolute atomic E-state index is 0.143. The second-order valence-electron chi connectivity index (χ2n) is 5.16. The van der Waals surface area contributed by atoms with Crippen molar-refractivity contribution in [3.63, 3.8) is 0 Å². The highest BCUT2D eigenvalue weighted by Crippen LogP contribution is 2.47. The van der Waals surface area contributed by atoms with Crippen LogP contribution in [0, 0.1) is 10.8 Å². The van der Waals surface area contributed by atoms with Gasteiger partial charge in [-0.15, -0.1) is 0 Å². The number of carbonyl (C=O) groups is 1. The lowest BCUT2D eigenvalue weighted by Gasteiger charge is -2.54. The van der Waals surface area contributed by atoms with Crippen molar-refractivity contribution in [1.82, 2.24) is 0 Å². The van der Waals surface area contributed by atoms with Crippen molar-refractivity contribution in [3.05, 3.63) is 0 Å². The topological polar surface area (TPSA) is 65.0 Å². The fourth-order valence-corrected chi connectivity index (χ4v) is 1.73. The summed E-state index contributed by atoms with van der Waals surface area (Å²) in [4.78, 5) is 11.1. The molecule has 0 radical (unpaired) electrons. The minimum Gasteiger partial charge on any atom is -0.481 e. The van der Waals surface area contributed by atoms with Crippen LogP contribution in [0.5, 0.6) is 0 Å². The van der Waals surface area contributed by atoms with Crippen molar-refractivity contribution in [2.24, 2.45) is 10.8 Å². The number of rotatable bonds is 2. The van der Waals surface area contributed by atoms with E-state index in [0.717, 1.165) is 0 Å². The van der Waals surface area contributed by atoms with Crippen LogP contribution >= 0.6 is 0 Å². The third-order valence-electron chi connectivity index (χ3n) is 3.13. The standard InChI is InChI=1S/C10H16O5/c1-8(2,7(11)12)10-13-4-9(3,5-14-10)6-15-10/h4-6H2,1-3H3,(H,11,12). The fraction of sp³-hybridized carbons (Fsp3) is 0.900. The van der Waals surface area contributed by atoms with E-state index in [4.69, 9.17) is 19.3 Å². The van der Waals surface area contributed by atoms with Crippen LogP contribution in [0.2, 0.25) is 0 Å². The Morgan fingerprint density at radius 2 is 1.60 bits per heavy atom. The molecule has 0 aliphatic carbocycles. The molecule has 15 heavy (non-hydrogen) atoms. The average Bonchev–Trinajstić information content (AvgIpc) is 2.19. The smallest absolute Gasteiger partial charge is 0.317 e. The van der Waals surface area contributed by atoms with Crippen LogP contribution in [0.25, 0.3) is 0 Å². The summed E-state index contributed by atoms with van der Waals surface area (Å²) in [7, 11) is 0. The van der Waals surface area contributed by atoms with Gasteiger partial charge in [0.25, 0.3) is 5.97 Å². The molecule has 3 heterocycles. The third kappa shape index (κ3) is 1.38. The first-order valence-electron chi connectivity index (χ1n) is 4.97. The SMILES string of the molecule is CC12COC(C(C)(C)C(=O)O)(OC1)OC2. The summed E-state index contributed by atoms with van der Waals surface area (Å²) in [6.07, 6.45) is 0. The van der Waals surface area contributed by atoms with Crippen LogP contribution in [0.1, 0.15) is 20.8 Å². The summed E-state index contributed by atoms with van der Waals surface area (Å²) in [6, 6.07) is 0. The molecule has 3 fully saturated rings. The molecule has 0 aromatic carbocycles. The Kier molecular flexibility index (Phi) is 2.12. The number of hydrogen-bond acceptors (Lipinski definition) is 4. The van der Waals surface area contributed by atoms with Crippen LogP contribution < -0.4 is 0 Å². The second-order valence-corrected chi connectivity index (χ2v) is 5.16. The van der Waals surface area contributed by atoms with Crippen LogP contribution in [0.4, 0.5) is 0 Å². The van der Waals surface area contributed by atoms with Gasteiger partial charge < -0.3 is 19.3 Å². The molecule has 0 amide bonds. The highest BCUT2D eigenvalue weighted by atomic mass is 16.9. The minimum atomic E-state index is -1.42. The van der Waals surface area contributed by atoms with Gasteiger partial charge in [0.15, 0.2) is 0 Å². The van der Waals surface area contributed by atoms with E-state index in [2.05, 4.69) is 0 Å². The molecule has 0 unspecified atom stereocenters. The maximum Gasteiger partial charge on any atom is 0.317 e. The Labute approximate surface area is 88.3 Å². The number of hydrogen-bond donors (Lipinski definition) is 1. The number of carboxylic acids is 1. The van der Waals surface area contributed by atoms with Crippen molar-refractivity contribution in [1.29, 1.82) is 0 Å². The molecular weight excluding hydrogens is 200 g/mol. The second kappa shape index (κ2) is 2.93. The van der Waals surface area contributed by atoms with Gasteiger partial charge in [0.05, 0.1) is 19.8 Å². The van der Waals surface area contributed by atoms with Crippen LogP contribution in [-0.2, 0) is 19.0 Å². The highest BCUT2D eigenvalue weighted by molar-refractivity contribution is 5.74. The quantitative estimate of drug-likeness (QED) is 0.740. The van der Waals surface area contributed by atoms with E-state index in [1.54, 1.807) is 13.8 Å². The van der Waals surface area contributed by atoms with Crippen molar-refractivity contribution in [2.75, 3.05) is 19.8 Å². The molecule has 2 bridgehead atoms. The Morgan fingerprint density at radius 3 is 1.93 bits per heavy atom. The maximum absolute atomic E-state index is 11.1. The monoisotopic (exact) mass is 216 g/mol. The van der Waals surface area contributed by atoms with Crippen molar-refractivity contribution < 1.29 is 24.1 Å². The number of ether oxygens (including phenoxy) is 3. The van der Waals surface area contributed by atoms with Crippen molar-refractivity contribution in [3.8, 4) is 0 Å². The summed E-state index contributed by atoms with van der Waals surface area (Å²) in [5.74, 6) is -2.41. The summed E-state index contributed by atoms with van der Waals surface area (Å²) in [5, 5.41) is 9.13. The summed E-state index contributed by atoms with van der Waals surface area (Å²) < 4.78 is 16.4. The molecular formula is C10H16O5. The molecule has 1 N–H and O–H groups in total. The van der Waals surface area contributed by atoms with Gasteiger partial charge in [-0.2, -0.15) is 0 Å². The molecule has 5 heteroatoms. The fourth-order valence-electron chi connectivity index (χ4n) is 1.73. The molecule has 0 saturated carbocycles. The lowest BCUT2D eigenvalue weighted by atomic mass is 9.84. The van der Waals surface area contributed by atoms with Gasteiger partial charge in [-0.1, -0.05) is 6.92 Å². The first-order chi connectivity index (χ1) is 6.81. The lowest BCUT2D eigenvalue weighted by Crippen LogP contribution is -2.66. The van der Waals surface area contributed by atoms with Gasteiger partial charge in [0, 0.05) is 5.41 Å². The van der Waals surface area contributed by atoms with E-state index < -0.39 is 17.4 Å². The molecule has 3 aliphatic rings. The maximum atomic E-state index is 11.1. The normalized spacial score (nSPS) is 40.5. The zero-order chi connectivity index (χ0) is 11.3. The Balaban J connectivity index is 2.26. The molecule has 0 aromatic heterocycles. The number of aliphatic carboxylic acids is 1. The molecule has 86 valence electrons. The molecule has 3 rings (SSSR count). The molecule has 3 saturated heterocycles. The highest BCUT2D eigenvalue weighted by Gasteiger charge is 2.62. The van der Waals surface area contributed by atoms with Gasteiger partial charge in [-0.05, 0) is 13.8 Å². The molecule has 0 atom stereocenters. The van der Waals surface area contributed by atoms with Gasteiger partial charge in [-0.25, -0.2) is 0 Å². The third-order valence-corrected chi connectivity index (χ3v) is 3.13. The van der Waals surface area contributed by atoms with Crippen LogP contribution in [-0.4, -0.2) is 36.9 Å². The Hall–Kier alpha value is -0.650. The lowest BCUT2D eigenvalue weighted by molar-refractivity contribution is -0.493. The predicted octanol–water partition coefficient (Wildman–Crippen LogP) is 0.834. The van der Waals surface area contributed by atoms with E-state index in [0.29, 0.717) is 19.8 Å². The zero-order valence-electron chi connectivity index (χ0n) is 9.20. The van der Waals surface area contributed by atoms with Gasteiger partial charge in [-0.3, -0.25) is 4.79 Å². The van der Waals surface area contributed by atoms with E-state index in [9.17, 15) is 4.79 Å². The van der Waals surface area contributed by atoms with Gasteiger partial charge in [0.1, 0.15) is 5.41 Å². The first kappa shape index (κ1) is 10.9. The molecule has 3 aliphatic heterocycles. The van der Waals surface area contributed by atoms with Crippen LogP contribution in [0.3, 0.4) is 0 Å². The molecule has 0 spiro atoms. The summed E-state index contributed by atoms with van der Waals surface area (Å²) >= 11 is 0. The Bertz CT molecular complexity index is 272. The van der Waals surface area contributed by atoms with E-state index in [1.807, 2.05) is 6.92 Å². The van der Waals surface area contributed by atoms with Gasteiger partial charge in [0.2, 0.25) is 0 Å². The van der Waals surface area contributed by atoms with Crippen molar-refractivity contribution in [2.45, 2.75) is 26.7 Å². The van der Waals surface area contributed by atoms with Crippen LogP contribution in [0.15, 0.2) is 0 Å². The summed E-state index contributed by atoms with van der Waals surface area (Å²) in [6.45, 7) is 6.51. The number of fused-ring (bicyclic) bond motifs is 3. The van der Waals surface area contributed by atoms with E-state index in [-0.39, 0.29) is 5.41 Å². The van der Waals surface area contributed by atoms with Gasteiger partial charge >= 0.3 is 5.97 Å². The largest absolute Gasteiger partial charge is 0.481 e. The van der Waals surface area contributed by atoms with Crippen molar-refractivity contribution >= 4 is 5.97 Å². The molecule has 0 aromatic rings. The Morgan fingerprint density at radius 1 is 1.20 bits per heavy atom. The van der Waals surface area contributed by atoms with E-state index in [1.165, 1.54) is 0 Å². The van der Waals surface area contributed by atoms with E-state index >= 15 is 0 Å². The molecule has 5 nitrogen and oxygen atoms in total. The number of carboxylic acid groups (broad SMARTS) is 1.